The minimum absolute atomic E-state index is 0.00338. The fraction of sp³-hybridized carbons (Fsp3) is 0.533. The summed E-state index contributed by atoms with van der Waals surface area (Å²) in [5.74, 6) is 0.0118. The lowest BCUT2D eigenvalue weighted by atomic mass is 9.56. The first-order chi connectivity index (χ1) is 9.28. The van der Waals surface area contributed by atoms with Gasteiger partial charge in [-0.1, -0.05) is 18.2 Å². The maximum Gasteiger partial charge on any atom is 0.310 e. The summed E-state index contributed by atoms with van der Waals surface area (Å²) >= 11 is 0. The number of hydrogen-bond donors (Lipinski definition) is 2. The first-order valence-corrected chi connectivity index (χ1v) is 7.11. The molecule has 0 aromatic heterocycles. The van der Waals surface area contributed by atoms with E-state index in [2.05, 4.69) is 34.9 Å². The molecule has 4 nitrogen and oxygen atoms in total. The second-order valence-corrected chi connectivity index (χ2v) is 6.18. The lowest BCUT2D eigenvalue weighted by molar-refractivity contribution is -0.188. The van der Waals surface area contributed by atoms with E-state index in [1.807, 2.05) is 0 Å². The van der Waals surface area contributed by atoms with Gasteiger partial charge in [-0.3, -0.25) is 10.1 Å². The van der Waals surface area contributed by atoms with Crippen LogP contribution in [0.3, 0.4) is 0 Å². The number of hydrogen-bond acceptors (Lipinski definition) is 4. The molecule has 4 fully saturated rings. The molecule has 3 unspecified atom stereocenters. The minimum atomic E-state index is -0.256. The third-order valence-corrected chi connectivity index (χ3v) is 5.70. The Morgan fingerprint density at radius 2 is 2.16 bits per heavy atom. The topological polar surface area (TPSA) is 50.4 Å². The van der Waals surface area contributed by atoms with Crippen LogP contribution >= 0.6 is 0 Å². The van der Waals surface area contributed by atoms with Gasteiger partial charge in [0.2, 0.25) is 0 Å². The number of rotatable bonds is 0. The summed E-state index contributed by atoms with van der Waals surface area (Å²) in [6.45, 7) is 0.949. The molecule has 0 amide bonds. The van der Waals surface area contributed by atoms with Crippen LogP contribution in [0.25, 0.3) is 0 Å². The second kappa shape index (κ2) is 2.96. The van der Waals surface area contributed by atoms with Crippen molar-refractivity contribution < 1.29 is 9.53 Å². The van der Waals surface area contributed by atoms with Crippen molar-refractivity contribution in [1.82, 2.24) is 5.32 Å². The van der Waals surface area contributed by atoms with Crippen molar-refractivity contribution in [2.75, 3.05) is 11.9 Å². The lowest BCUT2D eigenvalue weighted by Crippen LogP contribution is -2.73. The number of para-hydroxylation sites is 1. The third kappa shape index (κ3) is 0.881. The highest BCUT2D eigenvalue weighted by molar-refractivity contribution is 5.82. The molecule has 2 bridgehead atoms. The number of carbonyl (C=O) groups is 1. The summed E-state index contributed by atoms with van der Waals surface area (Å²) in [6.07, 6.45) is 2.91. The van der Waals surface area contributed by atoms with Gasteiger partial charge in [-0.05, 0) is 37.4 Å². The Kier molecular flexibility index (Phi) is 1.60. The number of carbonyl (C=O) groups excluding carboxylic acids is 1. The standard InChI is InChI=1S/C15H16N2O2/c18-13-10-5-6-12(19-13)15-14(10,7-8-16-15)9-3-1-2-4-11(9)17-15/h1-4,10,12,16-17H,5-8H2/t10?,12?,14-,15?/m1/s1. The van der Waals surface area contributed by atoms with Crippen molar-refractivity contribution in [3.8, 4) is 0 Å². The molecule has 1 aliphatic carbocycles. The average molecular weight is 256 g/mol. The summed E-state index contributed by atoms with van der Waals surface area (Å²) in [7, 11) is 0. The second-order valence-electron chi connectivity index (χ2n) is 6.18. The van der Waals surface area contributed by atoms with E-state index >= 15 is 0 Å². The number of anilines is 1. The third-order valence-electron chi connectivity index (χ3n) is 5.70. The Morgan fingerprint density at radius 3 is 3.05 bits per heavy atom. The van der Waals surface area contributed by atoms with Crippen LogP contribution in [0.15, 0.2) is 24.3 Å². The first-order valence-electron chi connectivity index (χ1n) is 7.11. The normalized spacial score (nSPS) is 45.2. The van der Waals surface area contributed by atoms with Crippen molar-refractivity contribution in [3.63, 3.8) is 0 Å². The molecule has 4 atom stereocenters. The van der Waals surface area contributed by atoms with Gasteiger partial charge in [0.05, 0.1) is 11.3 Å². The van der Waals surface area contributed by atoms with Gasteiger partial charge in [0.15, 0.2) is 0 Å². The summed E-state index contributed by atoms with van der Waals surface area (Å²) in [5, 5.41) is 7.30. The number of benzene rings is 1. The molecule has 1 aromatic rings. The largest absolute Gasteiger partial charge is 0.458 e. The molecular weight excluding hydrogens is 240 g/mol. The molecule has 3 saturated heterocycles. The molecular formula is C15H16N2O2. The predicted molar refractivity (Wildman–Crippen MR) is 69.7 cm³/mol. The molecule has 6 rings (SSSR count). The Hall–Kier alpha value is -1.55. The molecule has 19 heavy (non-hydrogen) atoms. The summed E-state index contributed by atoms with van der Waals surface area (Å²) < 4.78 is 5.67. The van der Waals surface area contributed by atoms with E-state index in [-0.39, 0.29) is 29.1 Å². The zero-order valence-corrected chi connectivity index (χ0v) is 10.6. The first kappa shape index (κ1) is 10.3. The van der Waals surface area contributed by atoms with E-state index in [1.165, 1.54) is 11.3 Å². The summed E-state index contributed by atoms with van der Waals surface area (Å²) in [5.41, 5.74) is 2.13. The van der Waals surface area contributed by atoms with Crippen LogP contribution < -0.4 is 10.6 Å². The number of fused-ring (bicyclic) bond motifs is 3. The molecule has 1 aromatic carbocycles. The van der Waals surface area contributed by atoms with Gasteiger partial charge in [-0.2, -0.15) is 0 Å². The van der Waals surface area contributed by atoms with Crippen LogP contribution in [-0.2, 0) is 14.9 Å². The molecule has 0 spiro atoms. The van der Waals surface area contributed by atoms with Crippen molar-refractivity contribution in [3.05, 3.63) is 29.8 Å². The monoisotopic (exact) mass is 256 g/mol. The van der Waals surface area contributed by atoms with Crippen LogP contribution in [0.4, 0.5) is 5.69 Å². The zero-order chi connectivity index (χ0) is 12.7. The average Bonchev–Trinajstić information content (AvgIpc) is 2.94. The Bertz CT molecular complexity index is 602. The van der Waals surface area contributed by atoms with Crippen molar-refractivity contribution in [2.45, 2.75) is 36.4 Å². The highest BCUT2D eigenvalue weighted by Crippen LogP contribution is 2.63. The molecule has 2 N–H and O–H groups in total. The van der Waals surface area contributed by atoms with Crippen LogP contribution in [0, 0.1) is 5.92 Å². The quantitative estimate of drug-likeness (QED) is 0.688. The minimum Gasteiger partial charge on any atom is -0.458 e. The molecule has 4 heteroatoms. The van der Waals surface area contributed by atoms with E-state index in [4.69, 9.17) is 4.74 Å². The van der Waals surface area contributed by atoms with E-state index < -0.39 is 0 Å². The zero-order valence-electron chi connectivity index (χ0n) is 10.6. The maximum atomic E-state index is 12.3. The van der Waals surface area contributed by atoms with Crippen LogP contribution in [0.2, 0.25) is 0 Å². The van der Waals surface area contributed by atoms with Crippen molar-refractivity contribution in [2.24, 2.45) is 5.92 Å². The Morgan fingerprint density at radius 1 is 1.26 bits per heavy atom. The molecule has 1 saturated carbocycles. The smallest absolute Gasteiger partial charge is 0.310 e. The summed E-state index contributed by atoms with van der Waals surface area (Å²) in [4.78, 5) is 12.3. The highest BCUT2D eigenvalue weighted by atomic mass is 16.6. The summed E-state index contributed by atoms with van der Waals surface area (Å²) in [6, 6.07) is 8.44. The van der Waals surface area contributed by atoms with Crippen LogP contribution in [0.5, 0.6) is 0 Å². The molecule has 0 radical (unpaired) electrons. The van der Waals surface area contributed by atoms with Crippen molar-refractivity contribution >= 4 is 11.7 Å². The number of esters is 1. The van der Waals surface area contributed by atoms with Gasteiger partial charge >= 0.3 is 5.97 Å². The Labute approximate surface area is 111 Å². The molecule has 4 heterocycles. The molecule has 98 valence electrons. The van der Waals surface area contributed by atoms with E-state index in [9.17, 15) is 4.79 Å². The van der Waals surface area contributed by atoms with E-state index in [0.717, 1.165) is 25.8 Å². The van der Waals surface area contributed by atoms with Crippen LogP contribution in [-0.4, -0.2) is 24.3 Å². The number of nitrogens with one attached hydrogen (secondary N) is 2. The van der Waals surface area contributed by atoms with Gasteiger partial charge in [0, 0.05) is 5.69 Å². The van der Waals surface area contributed by atoms with E-state index in [0.29, 0.717) is 0 Å². The predicted octanol–water partition coefficient (Wildman–Crippen LogP) is 1.37. The van der Waals surface area contributed by atoms with E-state index in [1.54, 1.807) is 0 Å². The molecule has 4 aliphatic heterocycles. The van der Waals surface area contributed by atoms with Gasteiger partial charge in [0.1, 0.15) is 11.8 Å². The maximum absolute atomic E-state index is 12.3. The van der Waals surface area contributed by atoms with Gasteiger partial charge in [-0.15, -0.1) is 0 Å². The number of ether oxygens (including phenoxy) is 1. The molecule has 5 aliphatic rings. The Balaban J connectivity index is 1.84. The van der Waals surface area contributed by atoms with Crippen molar-refractivity contribution in [1.29, 1.82) is 0 Å². The van der Waals surface area contributed by atoms with Gasteiger partial charge in [-0.25, -0.2) is 0 Å². The van der Waals surface area contributed by atoms with Gasteiger partial charge < -0.3 is 10.1 Å². The van der Waals surface area contributed by atoms with Gasteiger partial charge in [0.25, 0.3) is 0 Å². The fourth-order valence-corrected chi connectivity index (χ4v) is 5.10. The highest BCUT2D eigenvalue weighted by Gasteiger charge is 2.74. The van der Waals surface area contributed by atoms with Crippen LogP contribution in [0.1, 0.15) is 24.8 Å². The fourth-order valence-electron chi connectivity index (χ4n) is 5.10. The lowest BCUT2D eigenvalue weighted by Gasteiger charge is -2.56. The SMILES string of the molecule is O=C1OC2CCC1[C@]13CCNC21Nc1ccccc13.